The van der Waals surface area contributed by atoms with E-state index in [9.17, 15) is 4.79 Å². The van der Waals surface area contributed by atoms with Crippen LogP contribution in [0.1, 0.15) is 11.1 Å². The van der Waals surface area contributed by atoms with Crippen molar-refractivity contribution in [3.05, 3.63) is 23.3 Å². The van der Waals surface area contributed by atoms with Gasteiger partial charge in [0.1, 0.15) is 0 Å². The lowest BCUT2D eigenvalue weighted by Crippen LogP contribution is -2.27. The lowest BCUT2D eigenvalue weighted by atomic mass is 10.1. The summed E-state index contributed by atoms with van der Waals surface area (Å²) in [4.78, 5) is 11.1. The van der Waals surface area contributed by atoms with E-state index in [2.05, 4.69) is 16.7 Å². The highest BCUT2D eigenvalue weighted by Crippen LogP contribution is 2.27. The van der Waals surface area contributed by atoms with E-state index in [4.69, 9.17) is 5.26 Å². The zero-order valence-corrected chi connectivity index (χ0v) is 7.72. The second kappa shape index (κ2) is 3.04. The Kier molecular flexibility index (Phi) is 1.86. The minimum atomic E-state index is -0.0785. The molecule has 4 heteroatoms. The van der Waals surface area contributed by atoms with Crippen LogP contribution in [0.5, 0.6) is 0 Å². The van der Waals surface area contributed by atoms with Gasteiger partial charge in [0.2, 0.25) is 5.91 Å². The first-order valence-electron chi connectivity index (χ1n) is 4.29. The van der Waals surface area contributed by atoms with Gasteiger partial charge in [-0.15, -0.1) is 0 Å². The number of carbonyl (C=O) groups excluding carboxylic acids is 1. The predicted octanol–water partition coefficient (Wildman–Crippen LogP) is 1.23. The molecule has 1 aliphatic heterocycles. The van der Waals surface area contributed by atoms with Crippen LogP contribution in [0.15, 0.2) is 12.1 Å². The molecule has 1 amide bonds. The number of nitrogens with zero attached hydrogens (tertiary/aromatic N) is 1. The summed E-state index contributed by atoms with van der Waals surface area (Å²) in [5.74, 6) is -0.0785. The second-order valence-electron chi connectivity index (χ2n) is 3.23. The fourth-order valence-corrected chi connectivity index (χ4v) is 1.45. The third kappa shape index (κ3) is 1.29. The van der Waals surface area contributed by atoms with Crippen molar-refractivity contribution in [3.63, 3.8) is 0 Å². The summed E-state index contributed by atoms with van der Waals surface area (Å²) in [5, 5.41) is 14.5. The van der Waals surface area contributed by atoms with Crippen LogP contribution in [0.2, 0.25) is 0 Å². The second-order valence-corrected chi connectivity index (χ2v) is 3.23. The van der Waals surface area contributed by atoms with Gasteiger partial charge in [0.05, 0.1) is 29.6 Å². The van der Waals surface area contributed by atoms with E-state index in [1.54, 1.807) is 6.07 Å². The van der Waals surface area contributed by atoms with E-state index >= 15 is 0 Å². The maximum Gasteiger partial charge on any atom is 0.243 e. The smallest absolute Gasteiger partial charge is 0.243 e. The highest BCUT2D eigenvalue weighted by Gasteiger charge is 2.15. The Morgan fingerprint density at radius 2 is 2.21 bits per heavy atom. The minimum Gasteiger partial charge on any atom is -0.374 e. The largest absolute Gasteiger partial charge is 0.374 e. The fraction of sp³-hybridized carbons (Fsp3) is 0.200. The molecule has 0 bridgehead atoms. The molecule has 0 saturated carbocycles. The van der Waals surface area contributed by atoms with Gasteiger partial charge in [0.25, 0.3) is 0 Å². The number of amides is 1. The fourth-order valence-electron chi connectivity index (χ4n) is 1.45. The number of hydrogen-bond acceptors (Lipinski definition) is 3. The highest BCUT2D eigenvalue weighted by atomic mass is 16.2. The Morgan fingerprint density at radius 3 is 2.93 bits per heavy atom. The van der Waals surface area contributed by atoms with Gasteiger partial charge in [-0.1, -0.05) is 0 Å². The van der Waals surface area contributed by atoms with E-state index in [0.29, 0.717) is 17.8 Å². The Morgan fingerprint density at radius 1 is 1.43 bits per heavy atom. The van der Waals surface area contributed by atoms with Gasteiger partial charge in [-0.2, -0.15) is 5.26 Å². The number of anilines is 2. The van der Waals surface area contributed by atoms with Crippen molar-refractivity contribution in [3.8, 4) is 6.07 Å². The molecule has 0 radical (unpaired) electrons. The summed E-state index contributed by atoms with van der Waals surface area (Å²) < 4.78 is 0. The Hall–Kier alpha value is -2.02. The van der Waals surface area contributed by atoms with Crippen molar-refractivity contribution in [1.82, 2.24) is 0 Å². The van der Waals surface area contributed by atoms with E-state index in [1.165, 1.54) is 0 Å². The molecule has 0 fully saturated rings. The Balaban J connectivity index is 2.52. The van der Waals surface area contributed by atoms with Crippen molar-refractivity contribution in [2.45, 2.75) is 6.92 Å². The summed E-state index contributed by atoms with van der Waals surface area (Å²) in [7, 11) is 0. The molecule has 2 N–H and O–H groups in total. The number of carbonyl (C=O) groups is 1. The van der Waals surface area contributed by atoms with E-state index < -0.39 is 0 Å². The molecule has 14 heavy (non-hydrogen) atoms. The van der Waals surface area contributed by atoms with Crippen molar-refractivity contribution in [2.75, 3.05) is 17.2 Å². The van der Waals surface area contributed by atoms with Gasteiger partial charge in [0.15, 0.2) is 0 Å². The average molecular weight is 187 g/mol. The number of benzene rings is 1. The summed E-state index contributed by atoms with van der Waals surface area (Å²) in [6.07, 6.45) is 0. The van der Waals surface area contributed by atoms with E-state index in [0.717, 1.165) is 11.3 Å². The Labute approximate surface area is 81.5 Å². The van der Waals surface area contributed by atoms with Crippen molar-refractivity contribution in [2.24, 2.45) is 0 Å². The number of nitriles is 1. The van der Waals surface area contributed by atoms with Gasteiger partial charge in [0, 0.05) is 0 Å². The molecule has 1 aliphatic rings. The Bertz CT molecular complexity index is 445. The molecular weight excluding hydrogens is 178 g/mol. The molecule has 0 unspecified atom stereocenters. The van der Waals surface area contributed by atoms with Crippen molar-refractivity contribution < 1.29 is 4.79 Å². The zero-order valence-electron chi connectivity index (χ0n) is 7.72. The summed E-state index contributed by atoms with van der Waals surface area (Å²) >= 11 is 0. The SMILES string of the molecule is Cc1cc2c(cc1C#N)NC(=O)CN2. The van der Waals surface area contributed by atoms with Crippen LogP contribution < -0.4 is 10.6 Å². The molecule has 70 valence electrons. The first-order valence-corrected chi connectivity index (χ1v) is 4.29. The average Bonchev–Trinajstić information content (AvgIpc) is 2.17. The normalized spacial score (nSPS) is 13.6. The van der Waals surface area contributed by atoms with Gasteiger partial charge in [-0.3, -0.25) is 4.79 Å². The molecule has 0 aromatic heterocycles. The monoisotopic (exact) mass is 187 g/mol. The van der Waals surface area contributed by atoms with Crippen LogP contribution >= 0.6 is 0 Å². The maximum absolute atomic E-state index is 11.1. The number of rotatable bonds is 0. The molecule has 0 saturated heterocycles. The lowest BCUT2D eigenvalue weighted by Gasteiger charge is -2.19. The van der Waals surface area contributed by atoms with Crippen LogP contribution in [-0.2, 0) is 4.79 Å². The van der Waals surface area contributed by atoms with Crippen LogP contribution in [0.3, 0.4) is 0 Å². The van der Waals surface area contributed by atoms with Gasteiger partial charge in [-0.05, 0) is 24.6 Å². The third-order valence-electron chi connectivity index (χ3n) is 2.20. The molecule has 0 atom stereocenters. The standard InChI is InChI=1S/C10H9N3O/c1-6-2-8-9(3-7(6)4-11)13-10(14)5-12-8/h2-3,12H,5H2,1H3,(H,13,14). The molecule has 1 aromatic rings. The van der Waals surface area contributed by atoms with Crippen molar-refractivity contribution in [1.29, 1.82) is 5.26 Å². The number of nitrogens with one attached hydrogen (secondary N) is 2. The van der Waals surface area contributed by atoms with Gasteiger partial charge >= 0.3 is 0 Å². The molecular formula is C10H9N3O. The summed E-state index contributed by atoms with van der Waals surface area (Å²) in [6.45, 7) is 2.16. The van der Waals surface area contributed by atoms with Crippen LogP contribution in [0.4, 0.5) is 11.4 Å². The number of fused-ring (bicyclic) bond motifs is 1. The number of hydrogen-bond donors (Lipinski definition) is 2. The molecule has 0 aliphatic carbocycles. The molecule has 4 nitrogen and oxygen atoms in total. The van der Waals surface area contributed by atoms with E-state index in [1.807, 2.05) is 13.0 Å². The van der Waals surface area contributed by atoms with Crippen LogP contribution in [-0.4, -0.2) is 12.5 Å². The lowest BCUT2D eigenvalue weighted by molar-refractivity contribution is -0.114. The predicted molar refractivity (Wildman–Crippen MR) is 53.0 cm³/mol. The first kappa shape index (κ1) is 8.57. The first-order chi connectivity index (χ1) is 6.70. The van der Waals surface area contributed by atoms with Crippen LogP contribution in [0, 0.1) is 18.3 Å². The number of aryl methyl sites for hydroxylation is 1. The molecule has 2 rings (SSSR count). The molecule has 1 aromatic carbocycles. The highest BCUT2D eigenvalue weighted by molar-refractivity contribution is 6.00. The zero-order chi connectivity index (χ0) is 10.1. The summed E-state index contributed by atoms with van der Waals surface area (Å²) in [5.41, 5.74) is 3.06. The van der Waals surface area contributed by atoms with Crippen LogP contribution in [0.25, 0.3) is 0 Å². The quantitative estimate of drug-likeness (QED) is 0.642. The maximum atomic E-state index is 11.1. The molecule has 1 heterocycles. The minimum absolute atomic E-state index is 0.0785. The van der Waals surface area contributed by atoms with Crippen molar-refractivity contribution >= 4 is 17.3 Å². The topological polar surface area (TPSA) is 64.9 Å². The third-order valence-corrected chi connectivity index (χ3v) is 2.20. The van der Waals surface area contributed by atoms with E-state index in [-0.39, 0.29) is 5.91 Å². The summed E-state index contributed by atoms with van der Waals surface area (Å²) in [6, 6.07) is 5.64. The van der Waals surface area contributed by atoms with Gasteiger partial charge < -0.3 is 10.6 Å². The molecule has 0 spiro atoms. The van der Waals surface area contributed by atoms with Gasteiger partial charge in [-0.25, -0.2) is 0 Å².